The lowest BCUT2D eigenvalue weighted by Gasteiger charge is -2.22. The molecular formula is C13H17FN2O4S. The number of benzene rings is 1. The maximum atomic E-state index is 13.3. The van der Waals surface area contributed by atoms with Crippen molar-refractivity contribution in [3.63, 3.8) is 0 Å². The Bertz CT molecular complexity index is 642. The number of nitrogens with one attached hydrogen (secondary N) is 1. The summed E-state index contributed by atoms with van der Waals surface area (Å²) in [6, 6.07) is 5.06. The van der Waals surface area contributed by atoms with E-state index in [1.54, 1.807) is 0 Å². The Balaban J connectivity index is 3.08. The third-order valence-electron chi connectivity index (χ3n) is 2.85. The molecule has 0 fully saturated rings. The molecule has 8 heteroatoms. The first-order valence-electron chi connectivity index (χ1n) is 6.06. The average molecular weight is 316 g/mol. The lowest BCUT2D eigenvalue weighted by atomic mass is 10.0. The van der Waals surface area contributed by atoms with E-state index in [0.29, 0.717) is 0 Å². The Morgan fingerprint density at radius 2 is 2.10 bits per heavy atom. The highest BCUT2D eigenvalue weighted by Crippen LogP contribution is 2.23. The zero-order valence-electron chi connectivity index (χ0n) is 12.0. The van der Waals surface area contributed by atoms with Gasteiger partial charge in [0.1, 0.15) is 5.54 Å². The van der Waals surface area contributed by atoms with Gasteiger partial charge in [-0.1, -0.05) is 0 Å². The Kier molecular flexibility index (Phi) is 5.66. The van der Waals surface area contributed by atoms with Gasteiger partial charge in [0.2, 0.25) is 10.0 Å². The summed E-state index contributed by atoms with van der Waals surface area (Å²) in [6.45, 7) is 1.67. The van der Waals surface area contributed by atoms with E-state index < -0.39 is 21.4 Å². The van der Waals surface area contributed by atoms with Crippen LogP contribution < -0.4 is 9.46 Å². The van der Waals surface area contributed by atoms with Crippen LogP contribution in [-0.2, 0) is 14.8 Å². The number of halogens is 1. The number of ether oxygens (including phenoxy) is 2. The topological polar surface area (TPSA) is 88.4 Å². The summed E-state index contributed by atoms with van der Waals surface area (Å²) in [5, 5.41) is 9.15. The maximum absolute atomic E-state index is 13.3. The summed E-state index contributed by atoms with van der Waals surface area (Å²) in [6.07, 6.45) is 0.178. The molecule has 1 atom stereocenters. The molecule has 0 aliphatic carbocycles. The van der Waals surface area contributed by atoms with E-state index in [1.165, 1.54) is 21.1 Å². The van der Waals surface area contributed by atoms with E-state index in [2.05, 4.69) is 4.72 Å². The van der Waals surface area contributed by atoms with E-state index in [-0.39, 0.29) is 23.7 Å². The van der Waals surface area contributed by atoms with Crippen LogP contribution in [0.2, 0.25) is 0 Å². The molecule has 0 spiro atoms. The van der Waals surface area contributed by atoms with Gasteiger partial charge >= 0.3 is 0 Å². The molecule has 0 amide bonds. The van der Waals surface area contributed by atoms with Gasteiger partial charge in [-0.25, -0.2) is 12.8 Å². The van der Waals surface area contributed by atoms with Crippen LogP contribution in [0, 0.1) is 17.1 Å². The van der Waals surface area contributed by atoms with E-state index in [9.17, 15) is 12.8 Å². The molecule has 1 aromatic rings. The minimum atomic E-state index is -3.98. The number of sulfonamides is 1. The Morgan fingerprint density at radius 1 is 1.43 bits per heavy atom. The largest absolute Gasteiger partial charge is 0.494 e. The van der Waals surface area contributed by atoms with Gasteiger partial charge < -0.3 is 9.47 Å². The smallest absolute Gasteiger partial charge is 0.242 e. The third-order valence-corrected chi connectivity index (χ3v) is 4.44. The van der Waals surface area contributed by atoms with Gasteiger partial charge in [0.05, 0.1) is 18.1 Å². The number of methoxy groups -OCH3 is 2. The first kappa shape index (κ1) is 17.4. The molecular weight excluding hydrogens is 299 g/mol. The van der Waals surface area contributed by atoms with Crippen LogP contribution in [0.25, 0.3) is 0 Å². The van der Waals surface area contributed by atoms with E-state index >= 15 is 0 Å². The summed E-state index contributed by atoms with van der Waals surface area (Å²) < 4.78 is 49.8. The van der Waals surface area contributed by atoms with Gasteiger partial charge in [-0.05, 0) is 19.1 Å². The highest BCUT2D eigenvalue weighted by Gasteiger charge is 2.31. The van der Waals surface area contributed by atoms with Crippen molar-refractivity contribution in [3.8, 4) is 11.8 Å². The maximum Gasteiger partial charge on any atom is 0.242 e. The van der Waals surface area contributed by atoms with Gasteiger partial charge in [-0.2, -0.15) is 9.98 Å². The van der Waals surface area contributed by atoms with Crippen LogP contribution in [0.5, 0.6) is 5.75 Å². The fourth-order valence-electron chi connectivity index (χ4n) is 1.60. The number of nitriles is 1. The average Bonchev–Trinajstić information content (AvgIpc) is 2.45. The second-order valence-electron chi connectivity index (χ2n) is 4.59. The van der Waals surface area contributed by atoms with E-state index in [4.69, 9.17) is 14.7 Å². The standard InChI is InChI=1S/C13H17FN2O4S/c1-13(9-15,6-7-19-2)16-21(17,18)10-4-5-11(14)12(8-10)20-3/h4-5,8,16H,6-7H2,1-3H3. The molecule has 116 valence electrons. The fourth-order valence-corrected chi connectivity index (χ4v) is 2.97. The van der Waals surface area contributed by atoms with Gasteiger partial charge in [0.15, 0.2) is 11.6 Å². The van der Waals surface area contributed by atoms with Gasteiger partial charge in [-0.3, -0.25) is 0 Å². The summed E-state index contributed by atoms with van der Waals surface area (Å²) in [4.78, 5) is -0.181. The Morgan fingerprint density at radius 3 is 2.62 bits per heavy atom. The minimum Gasteiger partial charge on any atom is -0.494 e. The SMILES string of the molecule is COCCC(C)(C#N)NS(=O)(=O)c1ccc(F)c(OC)c1. The highest BCUT2D eigenvalue weighted by molar-refractivity contribution is 7.89. The molecule has 1 unspecified atom stereocenters. The van der Waals surface area contributed by atoms with E-state index in [1.807, 2.05) is 6.07 Å². The second kappa shape index (κ2) is 6.85. The molecule has 0 saturated carbocycles. The molecule has 21 heavy (non-hydrogen) atoms. The van der Waals surface area contributed by atoms with Crippen molar-refractivity contribution in [3.05, 3.63) is 24.0 Å². The van der Waals surface area contributed by atoms with E-state index in [0.717, 1.165) is 18.2 Å². The molecule has 0 heterocycles. The van der Waals surface area contributed by atoms with Gasteiger partial charge in [-0.15, -0.1) is 0 Å². The van der Waals surface area contributed by atoms with Crippen LogP contribution in [-0.4, -0.2) is 34.8 Å². The summed E-state index contributed by atoms with van der Waals surface area (Å²) in [7, 11) is -1.29. The number of hydrogen-bond acceptors (Lipinski definition) is 5. The molecule has 1 rings (SSSR count). The number of nitrogens with zero attached hydrogens (tertiary/aromatic N) is 1. The zero-order valence-corrected chi connectivity index (χ0v) is 12.8. The summed E-state index contributed by atoms with van der Waals surface area (Å²) >= 11 is 0. The van der Waals surface area contributed by atoms with Crippen LogP contribution >= 0.6 is 0 Å². The summed E-state index contributed by atoms with van der Waals surface area (Å²) in [5.41, 5.74) is -1.32. The first-order valence-corrected chi connectivity index (χ1v) is 7.54. The Labute approximate surface area is 123 Å². The van der Waals surface area contributed by atoms with Crippen LogP contribution in [0.3, 0.4) is 0 Å². The van der Waals surface area contributed by atoms with Gasteiger partial charge in [0.25, 0.3) is 0 Å². The normalized spacial score (nSPS) is 14.2. The molecule has 0 saturated heterocycles. The van der Waals surface area contributed by atoms with Crippen LogP contribution in [0.4, 0.5) is 4.39 Å². The van der Waals surface area contributed by atoms with Crippen molar-refractivity contribution < 1.29 is 22.3 Å². The van der Waals surface area contributed by atoms with Crippen molar-refractivity contribution >= 4 is 10.0 Å². The van der Waals surface area contributed by atoms with Crippen molar-refractivity contribution in [2.24, 2.45) is 0 Å². The predicted molar refractivity (Wildman–Crippen MR) is 73.8 cm³/mol. The quantitative estimate of drug-likeness (QED) is 0.822. The number of hydrogen-bond donors (Lipinski definition) is 1. The molecule has 0 radical (unpaired) electrons. The highest BCUT2D eigenvalue weighted by atomic mass is 32.2. The number of rotatable bonds is 7. The van der Waals surface area contributed by atoms with Crippen molar-refractivity contribution in [1.29, 1.82) is 5.26 Å². The molecule has 6 nitrogen and oxygen atoms in total. The molecule has 1 aromatic carbocycles. The summed E-state index contributed by atoms with van der Waals surface area (Å²) in [5.74, 6) is -0.854. The lowest BCUT2D eigenvalue weighted by Crippen LogP contribution is -2.45. The molecule has 0 aliphatic rings. The van der Waals surface area contributed by atoms with Crippen molar-refractivity contribution in [2.45, 2.75) is 23.8 Å². The molecule has 0 aliphatic heterocycles. The molecule has 1 N–H and O–H groups in total. The van der Waals surface area contributed by atoms with Crippen LogP contribution in [0.15, 0.2) is 23.1 Å². The third kappa shape index (κ3) is 4.39. The second-order valence-corrected chi connectivity index (χ2v) is 6.27. The lowest BCUT2D eigenvalue weighted by molar-refractivity contribution is 0.179. The van der Waals surface area contributed by atoms with Gasteiger partial charge in [0, 0.05) is 26.2 Å². The zero-order chi connectivity index (χ0) is 16.1. The molecule has 0 bridgehead atoms. The fraction of sp³-hybridized carbons (Fsp3) is 0.462. The minimum absolute atomic E-state index is 0.178. The first-order chi connectivity index (χ1) is 9.78. The van der Waals surface area contributed by atoms with Crippen molar-refractivity contribution in [2.75, 3.05) is 20.8 Å². The Hall–Kier alpha value is -1.69. The monoisotopic (exact) mass is 316 g/mol. The van der Waals surface area contributed by atoms with Crippen LogP contribution in [0.1, 0.15) is 13.3 Å². The van der Waals surface area contributed by atoms with Crippen molar-refractivity contribution in [1.82, 2.24) is 4.72 Å². The molecule has 0 aromatic heterocycles. The predicted octanol–water partition coefficient (Wildman–Crippen LogP) is 1.43.